The number of hydrogen-bond donors (Lipinski definition) is 3. The van der Waals surface area contributed by atoms with Gasteiger partial charge in [-0.15, -0.1) is 0 Å². The lowest BCUT2D eigenvalue weighted by Gasteiger charge is -2.16. The van der Waals surface area contributed by atoms with Gasteiger partial charge >= 0.3 is 0 Å². The number of anilines is 1. The number of H-pyrrole nitrogens is 1. The van der Waals surface area contributed by atoms with Gasteiger partial charge in [0.25, 0.3) is 5.56 Å². The summed E-state index contributed by atoms with van der Waals surface area (Å²) >= 11 is 5.83. The normalized spacial score (nSPS) is 23.6. The van der Waals surface area contributed by atoms with Crippen LogP contribution in [0.5, 0.6) is 0 Å². The molecular formula is C13H12ClN5O. The summed E-state index contributed by atoms with van der Waals surface area (Å²) in [6.45, 7) is 0. The van der Waals surface area contributed by atoms with E-state index in [0.717, 1.165) is 5.57 Å². The SMILES string of the molecule is O=c1[nH]ncc(N/N=C\C2=CNC3C=CC=CC23)c1Cl. The molecule has 2 aliphatic rings. The van der Waals surface area contributed by atoms with Gasteiger partial charge in [0, 0.05) is 12.1 Å². The van der Waals surface area contributed by atoms with Gasteiger partial charge in [-0.05, 0) is 5.57 Å². The molecule has 0 fully saturated rings. The zero-order chi connectivity index (χ0) is 13.9. The molecule has 2 heterocycles. The number of hydrazone groups is 1. The predicted molar refractivity (Wildman–Crippen MR) is 78.8 cm³/mol. The first-order chi connectivity index (χ1) is 9.75. The maximum atomic E-state index is 11.3. The molecular weight excluding hydrogens is 278 g/mol. The topological polar surface area (TPSA) is 82.2 Å². The second-order valence-corrected chi connectivity index (χ2v) is 4.81. The Morgan fingerprint density at radius 2 is 2.25 bits per heavy atom. The summed E-state index contributed by atoms with van der Waals surface area (Å²) < 4.78 is 0. The highest BCUT2D eigenvalue weighted by atomic mass is 35.5. The van der Waals surface area contributed by atoms with Gasteiger partial charge in [-0.3, -0.25) is 10.2 Å². The molecule has 6 nitrogen and oxygen atoms in total. The summed E-state index contributed by atoms with van der Waals surface area (Å²) in [5.41, 5.74) is 3.69. The second kappa shape index (κ2) is 5.34. The van der Waals surface area contributed by atoms with Crippen molar-refractivity contribution in [3.05, 3.63) is 57.7 Å². The van der Waals surface area contributed by atoms with E-state index >= 15 is 0 Å². The molecule has 20 heavy (non-hydrogen) atoms. The molecule has 2 unspecified atom stereocenters. The molecule has 0 radical (unpaired) electrons. The van der Waals surface area contributed by atoms with E-state index < -0.39 is 5.56 Å². The van der Waals surface area contributed by atoms with Gasteiger partial charge in [-0.25, -0.2) is 5.10 Å². The summed E-state index contributed by atoms with van der Waals surface area (Å²) in [4.78, 5) is 11.3. The minimum absolute atomic E-state index is 0.0362. The Morgan fingerprint density at radius 1 is 1.40 bits per heavy atom. The van der Waals surface area contributed by atoms with Crippen LogP contribution in [0.2, 0.25) is 5.02 Å². The Bertz CT molecular complexity index is 688. The summed E-state index contributed by atoms with van der Waals surface area (Å²) in [5, 5.41) is 13.3. The molecule has 0 amide bonds. The van der Waals surface area contributed by atoms with Gasteiger partial charge in [-0.1, -0.05) is 35.9 Å². The number of aromatic nitrogens is 2. The van der Waals surface area contributed by atoms with E-state index in [9.17, 15) is 4.79 Å². The van der Waals surface area contributed by atoms with Crippen molar-refractivity contribution in [2.45, 2.75) is 6.04 Å². The van der Waals surface area contributed by atoms with Crippen molar-refractivity contribution in [2.24, 2.45) is 11.0 Å². The van der Waals surface area contributed by atoms with E-state index in [0.29, 0.717) is 5.69 Å². The van der Waals surface area contributed by atoms with Crippen LogP contribution in [0.25, 0.3) is 0 Å². The number of aromatic amines is 1. The van der Waals surface area contributed by atoms with Crippen LogP contribution >= 0.6 is 11.6 Å². The lowest BCUT2D eigenvalue weighted by atomic mass is 9.92. The van der Waals surface area contributed by atoms with E-state index in [2.05, 4.69) is 38.2 Å². The third-order valence-corrected chi connectivity index (χ3v) is 3.53. The molecule has 1 aromatic heterocycles. The van der Waals surface area contributed by atoms with Gasteiger partial charge in [-0.2, -0.15) is 10.2 Å². The van der Waals surface area contributed by atoms with Gasteiger partial charge < -0.3 is 5.32 Å². The largest absolute Gasteiger partial charge is 0.383 e. The molecule has 3 N–H and O–H groups in total. The first-order valence-corrected chi connectivity index (χ1v) is 6.47. The monoisotopic (exact) mass is 289 g/mol. The average molecular weight is 290 g/mol. The number of rotatable bonds is 3. The molecule has 3 rings (SSSR count). The van der Waals surface area contributed by atoms with Gasteiger partial charge in [0.15, 0.2) is 0 Å². The van der Waals surface area contributed by atoms with Crippen LogP contribution in [0.3, 0.4) is 0 Å². The maximum absolute atomic E-state index is 11.3. The molecule has 0 spiro atoms. The van der Waals surface area contributed by atoms with Crippen molar-refractivity contribution in [3.63, 3.8) is 0 Å². The van der Waals surface area contributed by atoms with Crippen LogP contribution in [0.1, 0.15) is 0 Å². The van der Waals surface area contributed by atoms with Crippen molar-refractivity contribution in [2.75, 3.05) is 5.43 Å². The van der Waals surface area contributed by atoms with Crippen molar-refractivity contribution in [3.8, 4) is 0 Å². The fourth-order valence-electron chi connectivity index (χ4n) is 2.13. The maximum Gasteiger partial charge on any atom is 0.285 e. The molecule has 0 saturated heterocycles. The lowest BCUT2D eigenvalue weighted by molar-refractivity contribution is 0.643. The average Bonchev–Trinajstić information content (AvgIpc) is 2.87. The van der Waals surface area contributed by atoms with Gasteiger partial charge in [0.2, 0.25) is 0 Å². The first-order valence-electron chi connectivity index (χ1n) is 6.09. The number of nitrogens with zero attached hydrogens (tertiary/aromatic N) is 2. The standard InChI is InChI=1S/C13H12ClN5O/c14-12-11(7-17-19-13(12)20)18-16-6-8-5-15-10-4-2-1-3-9(8)10/h1-7,9-10,15H,(H2,18,19,20)/b16-6-. The van der Waals surface area contributed by atoms with E-state index in [-0.39, 0.29) is 17.0 Å². The van der Waals surface area contributed by atoms with Crippen molar-refractivity contribution >= 4 is 23.5 Å². The molecule has 0 saturated carbocycles. The lowest BCUT2D eigenvalue weighted by Crippen LogP contribution is -2.25. The molecule has 1 aromatic rings. The smallest absolute Gasteiger partial charge is 0.285 e. The number of halogens is 1. The fourth-order valence-corrected chi connectivity index (χ4v) is 2.27. The highest BCUT2D eigenvalue weighted by molar-refractivity contribution is 6.32. The minimum atomic E-state index is -0.450. The number of allylic oxidation sites excluding steroid dienone is 2. The Balaban J connectivity index is 1.70. The fraction of sp³-hybridized carbons (Fsp3) is 0.154. The number of hydrogen-bond acceptors (Lipinski definition) is 5. The minimum Gasteiger partial charge on any atom is -0.383 e. The van der Waals surface area contributed by atoms with E-state index in [1.807, 2.05) is 18.4 Å². The number of fused-ring (bicyclic) bond motifs is 1. The molecule has 102 valence electrons. The molecule has 1 aliphatic heterocycles. The third-order valence-electron chi connectivity index (χ3n) is 3.16. The van der Waals surface area contributed by atoms with E-state index in [1.54, 1.807) is 6.21 Å². The number of nitrogens with one attached hydrogen (secondary N) is 3. The van der Waals surface area contributed by atoms with Crippen LogP contribution in [-0.4, -0.2) is 22.5 Å². The van der Waals surface area contributed by atoms with Gasteiger partial charge in [0.1, 0.15) is 10.7 Å². The second-order valence-electron chi connectivity index (χ2n) is 4.43. The Kier molecular flexibility index (Phi) is 3.39. The predicted octanol–water partition coefficient (Wildman–Crippen LogP) is 1.42. The summed E-state index contributed by atoms with van der Waals surface area (Å²) in [7, 11) is 0. The Morgan fingerprint density at radius 3 is 3.15 bits per heavy atom. The quantitative estimate of drug-likeness (QED) is 0.580. The van der Waals surface area contributed by atoms with Crippen LogP contribution in [0.4, 0.5) is 5.69 Å². The van der Waals surface area contributed by atoms with Crippen LogP contribution in [0.15, 0.2) is 52.2 Å². The molecule has 7 heteroatoms. The highest BCUT2D eigenvalue weighted by Crippen LogP contribution is 2.25. The van der Waals surface area contributed by atoms with Crippen molar-refractivity contribution < 1.29 is 0 Å². The molecule has 1 aliphatic carbocycles. The summed E-state index contributed by atoms with van der Waals surface area (Å²) in [5.74, 6) is 0.276. The molecule has 2 atom stereocenters. The third kappa shape index (κ3) is 2.37. The first kappa shape index (κ1) is 12.7. The van der Waals surface area contributed by atoms with Crippen molar-refractivity contribution in [1.29, 1.82) is 0 Å². The van der Waals surface area contributed by atoms with Crippen LogP contribution in [0, 0.1) is 5.92 Å². The highest BCUT2D eigenvalue weighted by Gasteiger charge is 2.25. The Labute approximate surface area is 119 Å². The van der Waals surface area contributed by atoms with Crippen LogP contribution < -0.4 is 16.3 Å². The zero-order valence-electron chi connectivity index (χ0n) is 10.4. The molecule has 0 bridgehead atoms. The summed E-state index contributed by atoms with van der Waals surface area (Å²) in [6, 6.07) is 0.284. The van der Waals surface area contributed by atoms with E-state index in [1.165, 1.54) is 6.20 Å². The summed E-state index contributed by atoms with van der Waals surface area (Å²) in [6.07, 6.45) is 13.3. The zero-order valence-corrected chi connectivity index (χ0v) is 11.1. The van der Waals surface area contributed by atoms with Crippen LogP contribution in [-0.2, 0) is 0 Å². The molecule has 0 aromatic carbocycles. The van der Waals surface area contributed by atoms with Gasteiger partial charge in [0.05, 0.1) is 18.5 Å². The van der Waals surface area contributed by atoms with Crippen molar-refractivity contribution in [1.82, 2.24) is 15.5 Å². The van der Waals surface area contributed by atoms with E-state index in [4.69, 9.17) is 11.6 Å². The Hall–Kier alpha value is -2.34.